The molecule has 1 heterocycles. The molecule has 0 bridgehead atoms. The first-order valence-corrected chi connectivity index (χ1v) is 6.98. The van der Waals surface area contributed by atoms with Crippen molar-refractivity contribution in [2.45, 2.75) is 6.42 Å². The molecular weight excluding hydrogens is 326 g/mol. The lowest BCUT2D eigenvalue weighted by Crippen LogP contribution is -2.26. The topological polar surface area (TPSA) is 60.9 Å². The van der Waals surface area contributed by atoms with Crippen molar-refractivity contribution >= 4 is 10.9 Å². The van der Waals surface area contributed by atoms with E-state index in [-0.39, 0.29) is 35.4 Å². The molecule has 0 saturated heterocycles. The van der Waals surface area contributed by atoms with E-state index in [4.69, 9.17) is 5.73 Å². The molecule has 4 nitrogen and oxygen atoms in total. The van der Waals surface area contributed by atoms with E-state index >= 15 is 0 Å². The number of hydrogen-bond acceptors (Lipinski definition) is 3. The Kier molecular flexibility index (Phi) is 4.06. The Hall–Kier alpha value is -2.74. The van der Waals surface area contributed by atoms with Crippen LogP contribution in [0, 0.1) is 23.3 Å². The number of halogens is 4. The Morgan fingerprint density at radius 3 is 2.21 bits per heavy atom. The van der Waals surface area contributed by atoms with E-state index in [0.717, 1.165) is 22.8 Å². The summed E-state index contributed by atoms with van der Waals surface area (Å²) in [6.07, 6.45) is 0.0557. The highest BCUT2D eigenvalue weighted by Gasteiger charge is 2.17. The minimum atomic E-state index is -1.00. The average molecular weight is 337 g/mol. The molecule has 0 amide bonds. The number of hydrogen-bond donors (Lipinski definition) is 1. The summed E-state index contributed by atoms with van der Waals surface area (Å²) < 4.78 is 55.2. The highest BCUT2D eigenvalue weighted by molar-refractivity contribution is 5.78. The normalized spacial score (nSPS) is 11.2. The predicted octanol–water partition coefficient (Wildman–Crippen LogP) is 2.44. The second kappa shape index (κ2) is 6.04. The monoisotopic (exact) mass is 337 g/mol. The molecule has 0 saturated carbocycles. The Balaban J connectivity index is 2.43. The van der Waals surface area contributed by atoms with Crippen LogP contribution in [0.4, 0.5) is 17.6 Å². The summed E-state index contributed by atoms with van der Waals surface area (Å²) in [6, 6.07) is 3.92. The minimum absolute atomic E-state index is 0.0190. The summed E-state index contributed by atoms with van der Waals surface area (Å²) >= 11 is 0. The fraction of sp³-hybridized carbons (Fsp3) is 0.125. The second-order valence-corrected chi connectivity index (χ2v) is 5.12. The van der Waals surface area contributed by atoms with Crippen LogP contribution in [-0.2, 0) is 6.42 Å². The lowest BCUT2D eigenvalue weighted by molar-refractivity contribution is 0.579. The number of aromatic nitrogens is 2. The molecule has 124 valence electrons. The van der Waals surface area contributed by atoms with Gasteiger partial charge in [0, 0.05) is 18.6 Å². The molecule has 0 fully saturated rings. The van der Waals surface area contributed by atoms with Gasteiger partial charge in [-0.15, -0.1) is 0 Å². The van der Waals surface area contributed by atoms with Gasteiger partial charge in [0.2, 0.25) is 0 Å². The Bertz CT molecular complexity index is 981. The molecule has 0 aliphatic rings. The minimum Gasteiger partial charge on any atom is -0.330 e. The van der Waals surface area contributed by atoms with E-state index < -0.39 is 28.8 Å². The quantitative estimate of drug-likeness (QED) is 0.747. The van der Waals surface area contributed by atoms with Crippen LogP contribution in [0.15, 0.2) is 35.1 Å². The van der Waals surface area contributed by atoms with Crippen LogP contribution < -0.4 is 11.3 Å². The molecule has 2 aromatic carbocycles. The van der Waals surface area contributed by atoms with Crippen molar-refractivity contribution in [1.29, 1.82) is 0 Å². The standard InChI is InChI=1S/C16H11F4N3O/c17-8-3-9(18)5-11(4-8)23-14(1-2-21)22-15-12(16(23)24)6-10(19)7-13(15)20/h3-7H,1-2,21H2. The van der Waals surface area contributed by atoms with Gasteiger partial charge >= 0.3 is 0 Å². The highest BCUT2D eigenvalue weighted by atomic mass is 19.1. The number of nitrogens with two attached hydrogens (primary N) is 1. The van der Waals surface area contributed by atoms with Gasteiger partial charge in [0.25, 0.3) is 5.56 Å². The first-order valence-electron chi connectivity index (χ1n) is 6.98. The van der Waals surface area contributed by atoms with Crippen molar-refractivity contribution in [3.63, 3.8) is 0 Å². The number of rotatable bonds is 3. The number of nitrogens with zero attached hydrogens (tertiary/aromatic N) is 2. The van der Waals surface area contributed by atoms with Crippen molar-refractivity contribution in [2.75, 3.05) is 6.54 Å². The summed E-state index contributed by atoms with van der Waals surface area (Å²) in [5.41, 5.74) is 4.17. The predicted molar refractivity (Wildman–Crippen MR) is 79.9 cm³/mol. The van der Waals surface area contributed by atoms with E-state index in [0.29, 0.717) is 12.1 Å². The zero-order chi connectivity index (χ0) is 17.4. The van der Waals surface area contributed by atoms with Crippen molar-refractivity contribution in [3.8, 4) is 5.69 Å². The maximum atomic E-state index is 13.9. The Morgan fingerprint density at radius 1 is 0.958 bits per heavy atom. The summed E-state index contributed by atoms with van der Waals surface area (Å²) in [6.45, 7) is 0.0680. The molecule has 3 aromatic rings. The largest absolute Gasteiger partial charge is 0.330 e. The van der Waals surface area contributed by atoms with E-state index in [1.807, 2.05) is 0 Å². The molecule has 0 atom stereocenters. The van der Waals surface area contributed by atoms with Crippen LogP contribution in [0.2, 0.25) is 0 Å². The van der Waals surface area contributed by atoms with Crippen LogP contribution >= 0.6 is 0 Å². The van der Waals surface area contributed by atoms with Gasteiger partial charge in [-0.05, 0) is 24.7 Å². The van der Waals surface area contributed by atoms with Gasteiger partial charge in [0.1, 0.15) is 28.8 Å². The van der Waals surface area contributed by atoms with Crippen molar-refractivity contribution < 1.29 is 17.6 Å². The molecule has 1 aromatic heterocycles. The molecule has 8 heteroatoms. The third-order valence-corrected chi connectivity index (χ3v) is 3.43. The van der Waals surface area contributed by atoms with Crippen LogP contribution in [0.5, 0.6) is 0 Å². The molecule has 0 spiro atoms. The molecule has 3 rings (SSSR count). The molecule has 0 aliphatic carbocycles. The number of benzene rings is 2. The van der Waals surface area contributed by atoms with Gasteiger partial charge < -0.3 is 5.73 Å². The van der Waals surface area contributed by atoms with Crippen molar-refractivity contribution in [1.82, 2.24) is 9.55 Å². The van der Waals surface area contributed by atoms with Crippen molar-refractivity contribution in [2.24, 2.45) is 5.73 Å². The SMILES string of the molecule is NCCc1nc2c(F)cc(F)cc2c(=O)n1-c1cc(F)cc(F)c1. The van der Waals surface area contributed by atoms with Gasteiger partial charge in [0.15, 0.2) is 5.82 Å². The maximum Gasteiger partial charge on any atom is 0.266 e. The van der Waals surface area contributed by atoms with Gasteiger partial charge in [-0.1, -0.05) is 0 Å². The molecule has 2 N–H and O–H groups in total. The van der Waals surface area contributed by atoms with E-state index in [1.165, 1.54) is 0 Å². The third kappa shape index (κ3) is 2.76. The van der Waals surface area contributed by atoms with Gasteiger partial charge in [-0.2, -0.15) is 0 Å². The number of fused-ring (bicyclic) bond motifs is 1. The Labute approximate surface area is 133 Å². The van der Waals surface area contributed by atoms with Gasteiger partial charge in [0.05, 0.1) is 11.1 Å². The lowest BCUT2D eigenvalue weighted by Gasteiger charge is -2.14. The average Bonchev–Trinajstić information content (AvgIpc) is 2.48. The molecular formula is C16H11F4N3O. The van der Waals surface area contributed by atoms with Crippen LogP contribution in [0.25, 0.3) is 16.6 Å². The van der Waals surface area contributed by atoms with Gasteiger partial charge in [-0.3, -0.25) is 9.36 Å². The van der Waals surface area contributed by atoms with Crippen LogP contribution in [0.3, 0.4) is 0 Å². The molecule has 0 radical (unpaired) electrons. The van der Waals surface area contributed by atoms with Crippen LogP contribution in [0.1, 0.15) is 5.82 Å². The molecule has 0 unspecified atom stereocenters. The van der Waals surface area contributed by atoms with E-state index in [9.17, 15) is 22.4 Å². The zero-order valence-corrected chi connectivity index (χ0v) is 12.2. The highest BCUT2D eigenvalue weighted by Crippen LogP contribution is 2.19. The summed E-state index contributed by atoms with van der Waals surface area (Å²) in [5.74, 6) is -3.74. The third-order valence-electron chi connectivity index (χ3n) is 3.43. The lowest BCUT2D eigenvalue weighted by atomic mass is 10.2. The first-order chi connectivity index (χ1) is 11.4. The molecule has 24 heavy (non-hydrogen) atoms. The zero-order valence-electron chi connectivity index (χ0n) is 12.2. The van der Waals surface area contributed by atoms with Crippen molar-refractivity contribution in [3.05, 3.63) is 69.8 Å². The maximum absolute atomic E-state index is 13.9. The smallest absolute Gasteiger partial charge is 0.266 e. The van der Waals surface area contributed by atoms with E-state index in [1.54, 1.807) is 0 Å². The summed E-state index contributed by atoms with van der Waals surface area (Å²) in [4.78, 5) is 16.7. The fourth-order valence-electron chi connectivity index (χ4n) is 2.49. The fourth-order valence-corrected chi connectivity index (χ4v) is 2.49. The summed E-state index contributed by atoms with van der Waals surface area (Å²) in [7, 11) is 0. The second-order valence-electron chi connectivity index (χ2n) is 5.12. The molecule has 0 aliphatic heterocycles. The summed E-state index contributed by atoms with van der Waals surface area (Å²) in [5, 5.41) is -0.335. The van der Waals surface area contributed by atoms with E-state index in [2.05, 4.69) is 4.98 Å². The first kappa shape index (κ1) is 16.1. The van der Waals surface area contributed by atoms with Gasteiger partial charge in [-0.25, -0.2) is 22.5 Å². The van der Waals surface area contributed by atoms with Crippen LogP contribution in [-0.4, -0.2) is 16.1 Å². The Morgan fingerprint density at radius 2 is 1.58 bits per heavy atom.